The van der Waals surface area contributed by atoms with Crippen molar-refractivity contribution in [2.45, 2.75) is 25.0 Å². The van der Waals surface area contributed by atoms with Crippen LogP contribution in [0.2, 0.25) is 0 Å². The lowest BCUT2D eigenvalue weighted by molar-refractivity contribution is -0.130. The minimum absolute atomic E-state index is 0.0743. The molecule has 0 aliphatic carbocycles. The SMILES string of the molecule is COc1ccc(-c2nnc(S(=O)(=O)CC(=O)N3CCCC(C)C3)o2)cc1. The van der Waals surface area contributed by atoms with E-state index in [1.165, 1.54) is 0 Å². The second-order valence-electron chi connectivity index (χ2n) is 6.45. The first-order chi connectivity index (χ1) is 12.4. The van der Waals surface area contributed by atoms with Crippen molar-refractivity contribution in [3.05, 3.63) is 24.3 Å². The van der Waals surface area contributed by atoms with Crippen LogP contribution in [0.1, 0.15) is 19.8 Å². The van der Waals surface area contributed by atoms with Gasteiger partial charge in [-0.1, -0.05) is 12.0 Å². The summed E-state index contributed by atoms with van der Waals surface area (Å²) >= 11 is 0. The third-order valence-corrected chi connectivity index (χ3v) is 5.66. The Morgan fingerprint density at radius 2 is 2.04 bits per heavy atom. The summed E-state index contributed by atoms with van der Waals surface area (Å²) in [4.78, 5) is 13.9. The van der Waals surface area contributed by atoms with Gasteiger partial charge < -0.3 is 14.1 Å². The van der Waals surface area contributed by atoms with E-state index in [2.05, 4.69) is 10.2 Å². The lowest BCUT2D eigenvalue weighted by atomic mass is 10.0. The maximum absolute atomic E-state index is 12.4. The summed E-state index contributed by atoms with van der Waals surface area (Å²) in [6.07, 6.45) is 1.93. The molecule has 1 unspecified atom stereocenters. The number of methoxy groups -OCH3 is 1. The van der Waals surface area contributed by atoms with Crippen molar-refractivity contribution in [3.8, 4) is 17.2 Å². The van der Waals surface area contributed by atoms with Gasteiger partial charge in [-0.25, -0.2) is 8.42 Å². The van der Waals surface area contributed by atoms with E-state index in [4.69, 9.17) is 9.15 Å². The number of carbonyl (C=O) groups is 1. The summed E-state index contributed by atoms with van der Waals surface area (Å²) in [6, 6.07) is 6.77. The van der Waals surface area contributed by atoms with Crippen LogP contribution in [0.25, 0.3) is 11.5 Å². The van der Waals surface area contributed by atoms with E-state index in [1.54, 1.807) is 36.3 Å². The molecule has 1 atom stereocenters. The highest BCUT2D eigenvalue weighted by Crippen LogP contribution is 2.23. The third kappa shape index (κ3) is 4.04. The largest absolute Gasteiger partial charge is 0.497 e. The number of benzene rings is 1. The molecule has 1 amide bonds. The van der Waals surface area contributed by atoms with E-state index in [0.717, 1.165) is 12.8 Å². The molecule has 9 heteroatoms. The third-order valence-electron chi connectivity index (χ3n) is 4.33. The molecule has 26 heavy (non-hydrogen) atoms. The molecule has 140 valence electrons. The quantitative estimate of drug-likeness (QED) is 0.780. The van der Waals surface area contributed by atoms with Gasteiger partial charge in [-0.05, 0) is 43.0 Å². The average molecular weight is 379 g/mol. The van der Waals surface area contributed by atoms with Crippen LogP contribution in [0.4, 0.5) is 0 Å². The zero-order valence-corrected chi connectivity index (χ0v) is 15.5. The predicted octanol–water partition coefficient (Wildman–Crippen LogP) is 1.78. The van der Waals surface area contributed by atoms with Crippen LogP contribution in [0.3, 0.4) is 0 Å². The number of rotatable bonds is 5. The van der Waals surface area contributed by atoms with Gasteiger partial charge in [-0.3, -0.25) is 4.79 Å². The number of nitrogens with zero attached hydrogens (tertiary/aromatic N) is 3. The molecule has 3 rings (SSSR count). The number of hydrogen-bond donors (Lipinski definition) is 0. The van der Waals surface area contributed by atoms with Crippen molar-refractivity contribution >= 4 is 15.7 Å². The Bertz CT molecular complexity index is 876. The summed E-state index contributed by atoms with van der Waals surface area (Å²) in [5, 5.41) is 6.85. The van der Waals surface area contributed by atoms with Crippen molar-refractivity contribution in [2.24, 2.45) is 5.92 Å². The number of sulfone groups is 1. The lowest BCUT2D eigenvalue weighted by Gasteiger charge is -2.30. The Balaban J connectivity index is 1.73. The zero-order valence-electron chi connectivity index (χ0n) is 14.7. The van der Waals surface area contributed by atoms with Crippen molar-refractivity contribution in [1.29, 1.82) is 0 Å². The fourth-order valence-corrected chi connectivity index (χ4v) is 3.92. The fourth-order valence-electron chi connectivity index (χ4n) is 2.92. The van der Waals surface area contributed by atoms with Gasteiger partial charge >= 0.3 is 5.22 Å². The van der Waals surface area contributed by atoms with Gasteiger partial charge in [0, 0.05) is 18.7 Å². The van der Waals surface area contributed by atoms with E-state index in [-0.39, 0.29) is 5.89 Å². The van der Waals surface area contributed by atoms with Crippen LogP contribution in [0.5, 0.6) is 5.75 Å². The normalized spacial score (nSPS) is 17.9. The van der Waals surface area contributed by atoms with Gasteiger partial charge in [0.2, 0.25) is 21.6 Å². The van der Waals surface area contributed by atoms with E-state index < -0.39 is 26.7 Å². The highest BCUT2D eigenvalue weighted by Gasteiger charge is 2.30. The standard InChI is InChI=1S/C17H21N3O5S/c1-12-4-3-9-20(10-12)15(21)11-26(22,23)17-19-18-16(25-17)13-5-7-14(24-2)8-6-13/h5-8,12H,3-4,9-11H2,1-2H3. The van der Waals surface area contributed by atoms with Crippen LogP contribution >= 0.6 is 0 Å². The number of hydrogen-bond acceptors (Lipinski definition) is 7. The molecule has 0 N–H and O–H groups in total. The molecule has 1 aromatic carbocycles. The van der Waals surface area contributed by atoms with Crippen LogP contribution in [0.15, 0.2) is 33.9 Å². The van der Waals surface area contributed by atoms with Gasteiger partial charge in [0.25, 0.3) is 0 Å². The number of amides is 1. The molecular weight excluding hydrogens is 358 g/mol. The molecule has 2 aromatic rings. The van der Waals surface area contributed by atoms with Crippen LogP contribution in [0, 0.1) is 5.92 Å². The molecule has 1 aromatic heterocycles. The predicted molar refractivity (Wildman–Crippen MR) is 93.3 cm³/mol. The Hall–Kier alpha value is -2.42. The first kappa shape index (κ1) is 18.4. The maximum atomic E-state index is 12.4. The second-order valence-corrected chi connectivity index (χ2v) is 8.32. The Morgan fingerprint density at radius 3 is 2.69 bits per heavy atom. The molecule has 1 saturated heterocycles. The maximum Gasteiger partial charge on any atom is 0.336 e. The first-order valence-corrected chi connectivity index (χ1v) is 10.0. The number of piperidine rings is 1. The highest BCUT2D eigenvalue weighted by atomic mass is 32.2. The summed E-state index contributed by atoms with van der Waals surface area (Å²) < 4.78 is 35.3. The second kappa shape index (κ2) is 7.45. The summed E-state index contributed by atoms with van der Waals surface area (Å²) in [5.41, 5.74) is 0.566. The minimum Gasteiger partial charge on any atom is -0.497 e. The van der Waals surface area contributed by atoms with E-state index in [9.17, 15) is 13.2 Å². The van der Waals surface area contributed by atoms with Crippen LogP contribution < -0.4 is 4.74 Å². The smallest absolute Gasteiger partial charge is 0.336 e. The molecule has 8 nitrogen and oxygen atoms in total. The molecule has 1 fully saturated rings. The lowest BCUT2D eigenvalue weighted by Crippen LogP contribution is -2.42. The van der Waals surface area contributed by atoms with Gasteiger partial charge in [0.15, 0.2) is 0 Å². The highest BCUT2D eigenvalue weighted by molar-refractivity contribution is 7.91. The van der Waals surface area contributed by atoms with E-state index in [1.807, 2.05) is 6.92 Å². The van der Waals surface area contributed by atoms with Crippen molar-refractivity contribution < 1.29 is 22.4 Å². The minimum atomic E-state index is -3.98. The van der Waals surface area contributed by atoms with Gasteiger partial charge in [-0.15, -0.1) is 5.10 Å². The van der Waals surface area contributed by atoms with E-state index >= 15 is 0 Å². The van der Waals surface area contributed by atoms with Crippen molar-refractivity contribution in [1.82, 2.24) is 15.1 Å². The molecular formula is C17H21N3O5S. The van der Waals surface area contributed by atoms with Gasteiger partial charge in [-0.2, -0.15) is 0 Å². The zero-order chi connectivity index (χ0) is 18.7. The molecule has 2 heterocycles. The fraction of sp³-hybridized carbons (Fsp3) is 0.471. The number of ether oxygens (including phenoxy) is 1. The number of likely N-dealkylation sites (tertiary alicyclic amines) is 1. The molecule has 1 aliphatic rings. The number of aromatic nitrogens is 2. The summed E-state index contributed by atoms with van der Waals surface area (Å²) in [5.74, 6) is 0.0122. The molecule has 0 bridgehead atoms. The summed E-state index contributed by atoms with van der Waals surface area (Å²) in [7, 11) is -2.43. The average Bonchev–Trinajstić information content (AvgIpc) is 3.12. The van der Waals surface area contributed by atoms with Crippen LogP contribution in [-0.2, 0) is 14.6 Å². The Morgan fingerprint density at radius 1 is 1.31 bits per heavy atom. The molecule has 1 aliphatic heterocycles. The van der Waals surface area contributed by atoms with E-state index in [0.29, 0.717) is 30.3 Å². The first-order valence-electron chi connectivity index (χ1n) is 8.37. The number of carbonyl (C=O) groups excluding carboxylic acids is 1. The van der Waals surface area contributed by atoms with Crippen LogP contribution in [-0.4, -0.2) is 55.4 Å². The van der Waals surface area contributed by atoms with Crippen molar-refractivity contribution in [2.75, 3.05) is 26.0 Å². The van der Waals surface area contributed by atoms with Crippen molar-refractivity contribution in [3.63, 3.8) is 0 Å². The Labute approximate surface area is 152 Å². The molecule has 0 spiro atoms. The topological polar surface area (TPSA) is 103 Å². The van der Waals surface area contributed by atoms with Gasteiger partial charge in [0.1, 0.15) is 11.5 Å². The summed E-state index contributed by atoms with van der Waals surface area (Å²) in [6.45, 7) is 3.21. The molecule has 0 saturated carbocycles. The van der Waals surface area contributed by atoms with Gasteiger partial charge in [0.05, 0.1) is 7.11 Å². The Kier molecular flexibility index (Phi) is 5.26. The molecule has 0 radical (unpaired) electrons. The monoisotopic (exact) mass is 379 g/mol.